The zero-order valence-electron chi connectivity index (χ0n) is 16.8. The summed E-state index contributed by atoms with van der Waals surface area (Å²) in [5, 5.41) is 0. The Bertz CT molecular complexity index is 884. The van der Waals surface area contributed by atoms with Crippen molar-refractivity contribution in [3.05, 3.63) is 78.1 Å². The summed E-state index contributed by atoms with van der Waals surface area (Å²) in [6.07, 6.45) is 20.0. The maximum absolute atomic E-state index is 13.6. The molecule has 1 amide bonds. The molecule has 0 radical (unpaired) electrons. The lowest BCUT2D eigenvalue weighted by Gasteiger charge is -2.38. The van der Waals surface area contributed by atoms with Gasteiger partial charge < -0.3 is 15.2 Å². The molecule has 1 saturated carbocycles. The van der Waals surface area contributed by atoms with Crippen molar-refractivity contribution in [3.63, 3.8) is 0 Å². The van der Waals surface area contributed by atoms with Crippen molar-refractivity contribution < 1.29 is 18.8 Å². The van der Waals surface area contributed by atoms with Crippen molar-refractivity contribution in [2.75, 3.05) is 13.7 Å². The third kappa shape index (κ3) is 3.83. The Morgan fingerprint density at radius 2 is 2.14 bits per heavy atom. The highest BCUT2D eigenvalue weighted by Crippen LogP contribution is 2.37. The van der Waals surface area contributed by atoms with E-state index in [0.29, 0.717) is 24.2 Å². The number of ether oxygens (including phenoxy) is 2. The maximum Gasteiger partial charge on any atom is 0.357 e. The summed E-state index contributed by atoms with van der Waals surface area (Å²) in [7, 11) is 1.67. The molecule has 6 nitrogen and oxygen atoms in total. The minimum absolute atomic E-state index is 0.0119. The molecule has 6 heteroatoms. The monoisotopic (exact) mass is 394 g/mol. The van der Waals surface area contributed by atoms with E-state index < -0.39 is 5.79 Å². The fourth-order valence-electron chi connectivity index (χ4n) is 4.26. The zero-order valence-corrected chi connectivity index (χ0v) is 16.8. The molecule has 2 heterocycles. The molecule has 0 saturated heterocycles. The van der Waals surface area contributed by atoms with Gasteiger partial charge in [-0.15, -0.1) is 0 Å². The van der Waals surface area contributed by atoms with E-state index in [-0.39, 0.29) is 16.5 Å². The summed E-state index contributed by atoms with van der Waals surface area (Å²) in [5.74, 6) is -0.929. The van der Waals surface area contributed by atoms with Crippen molar-refractivity contribution in [2.45, 2.75) is 44.0 Å². The van der Waals surface area contributed by atoms with Crippen molar-refractivity contribution in [1.82, 2.24) is 4.98 Å². The van der Waals surface area contributed by atoms with Gasteiger partial charge in [-0.2, -0.15) is 4.48 Å². The molecule has 1 aromatic heterocycles. The van der Waals surface area contributed by atoms with E-state index in [1.165, 1.54) is 12.8 Å². The van der Waals surface area contributed by atoms with E-state index in [0.717, 1.165) is 18.5 Å². The van der Waals surface area contributed by atoms with Gasteiger partial charge in [0.2, 0.25) is 0 Å². The summed E-state index contributed by atoms with van der Waals surface area (Å²) in [5.41, 5.74) is 7.97. The molecule has 0 bridgehead atoms. The summed E-state index contributed by atoms with van der Waals surface area (Å²) in [6, 6.07) is 3.56. The number of pyridine rings is 1. The van der Waals surface area contributed by atoms with Gasteiger partial charge in [0.05, 0.1) is 11.7 Å². The standard InChI is InChI=1S/C23H28N3O3/c1-28-23(29-21-8-2-3-9-21)12-4-7-20(16-23)26(14-10-19(24)11-15-26)22(27)18-6-5-13-25-17-18/h4-7,10-11,13-14,16-17,21H,2-3,8-9,12,15,24H2,1H3/q+1. The molecular weight excluding hydrogens is 366 g/mol. The molecule has 4 rings (SSSR count). The molecule has 3 aliphatic rings. The quantitative estimate of drug-likeness (QED) is 0.611. The normalized spacial score (nSPS) is 29.6. The second-order valence-corrected chi connectivity index (χ2v) is 7.83. The topological polar surface area (TPSA) is 74.4 Å². The van der Waals surface area contributed by atoms with Gasteiger partial charge >= 0.3 is 5.91 Å². The molecule has 1 fully saturated rings. The number of quaternary nitrogens is 1. The van der Waals surface area contributed by atoms with Crippen LogP contribution in [0.3, 0.4) is 0 Å². The van der Waals surface area contributed by atoms with Crippen molar-refractivity contribution in [2.24, 2.45) is 5.73 Å². The largest absolute Gasteiger partial charge is 0.399 e. The van der Waals surface area contributed by atoms with Crippen LogP contribution in [0.1, 0.15) is 42.5 Å². The van der Waals surface area contributed by atoms with E-state index in [1.807, 2.05) is 30.5 Å². The highest BCUT2D eigenvalue weighted by Gasteiger charge is 2.44. The first-order valence-corrected chi connectivity index (χ1v) is 10.2. The smallest absolute Gasteiger partial charge is 0.357 e. The summed E-state index contributed by atoms with van der Waals surface area (Å²) in [4.78, 5) is 17.7. The number of nitrogens with two attached hydrogens (primary N) is 1. The Hall–Kier alpha value is -2.54. The number of carbonyl (C=O) groups excluding carboxylic acids is 1. The number of aromatic nitrogens is 1. The average molecular weight is 394 g/mol. The van der Waals surface area contributed by atoms with Gasteiger partial charge in [-0.25, -0.2) is 4.79 Å². The molecule has 0 spiro atoms. The van der Waals surface area contributed by atoms with Gasteiger partial charge in [0, 0.05) is 43.8 Å². The van der Waals surface area contributed by atoms with Crippen LogP contribution in [-0.4, -0.2) is 40.9 Å². The number of methoxy groups -OCH3 is 1. The summed E-state index contributed by atoms with van der Waals surface area (Å²) in [6.45, 7) is 0.426. The number of hydrogen-bond donors (Lipinski definition) is 1. The highest BCUT2D eigenvalue weighted by atomic mass is 16.7. The first-order chi connectivity index (χ1) is 14.1. The highest BCUT2D eigenvalue weighted by molar-refractivity contribution is 5.90. The molecule has 1 aliphatic heterocycles. The minimum atomic E-state index is -0.861. The van der Waals surface area contributed by atoms with Crippen LogP contribution in [-0.2, 0) is 9.47 Å². The van der Waals surface area contributed by atoms with Crippen molar-refractivity contribution in [1.29, 1.82) is 0 Å². The molecule has 29 heavy (non-hydrogen) atoms. The van der Waals surface area contributed by atoms with Gasteiger partial charge in [0.25, 0.3) is 0 Å². The van der Waals surface area contributed by atoms with Crippen LogP contribution in [0, 0.1) is 0 Å². The molecular formula is C23H28N3O3+. The molecule has 2 unspecified atom stereocenters. The van der Waals surface area contributed by atoms with Crippen LogP contribution in [0.2, 0.25) is 0 Å². The SMILES string of the molecule is COC1(OC2CCCC2)C=C([N+]2(C(=O)c3cccnc3)C=CC(N)=CC2)C=CC1. The van der Waals surface area contributed by atoms with E-state index in [9.17, 15) is 4.79 Å². The molecule has 152 valence electrons. The Morgan fingerprint density at radius 1 is 1.31 bits per heavy atom. The van der Waals surface area contributed by atoms with Gasteiger partial charge in [0.15, 0.2) is 5.79 Å². The first-order valence-electron chi connectivity index (χ1n) is 10.2. The molecule has 2 aliphatic carbocycles. The van der Waals surface area contributed by atoms with Crippen LogP contribution in [0.4, 0.5) is 0 Å². The van der Waals surface area contributed by atoms with Gasteiger partial charge in [-0.3, -0.25) is 4.98 Å². The lowest BCUT2D eigenvalue weighted by atomic mass is 10.0. The van der Waals surface area contributed by atoms with E-state index in [2.05, 4.69) is 4.98 Å². The van der Waals surface area contributed by atoms with E-state index in [4.69, 9.17) is 15.2 Å². The minimum Gasteiger partial charge on any atom is -0.399 e. The molecule has 0 aromatic carbocycles. The first kappa shape index (κ1) is 19.8. The number of carbonyl (C=O) groups is 1. The van der Waals surface area contributed by atoms with Gasteiger partial charge in [-0.1, -0.05) is 18.9 Å². The Morgan fingerprint density at radius 3 is 2.79 bits per heavy atom. The fraction of sp³-hybridized carbons (Fsp3) is 0.391. The van der Waals surface area contributed by atoms with E-state index >= 15 is 0 Å². The third-order valence-electron chi connectivity index (χ3n) is 5.94. The molecule has 2 atom stereocenters. The van der Waals surface area contributed by atoms with Crippen molar-refractivity contribution in [3.8, 4) is 0 Å². The van der Waals surface area contributed by atoms with E-state index in [1.54, 1.807) is 37.7 Å². The van der Waals surface area contributed by atoms with Crippen LogP contribution in [0.25, 0.3) is 0 Å². The van der Waals surface area contributed by atoms with Crippen LogP contribution < -0.4 is 5.73 Å². The summed E-state index contributed by atoms with van der Waals surface area (Å²) >= 11 is 0. The fourth-order valence-corrected chi connectivity index (χ4v) is 4.26. The number of allylic oxidation sites excluding steroid dienone is 2. The molecule has 1 aromatic rings. The van der Waals surface area contributed by atoms with Crippen LogP contribution in [0.5, 0.6) is 0 Å². The van der Waals surface area contributed by atoms with Gasteiger partial charge in [0.1, 0.15) is 18.4 Å². The lowest BCUT2D eigenvalue weighted by molar-refractivity contribution is -0.747. The van der Waals surface area contributed by atoms with Gasteiger partial charge in [-0.05, 0) is 37.1 Å². The Labute approximate surface area is 171 Å². The number of nitrogens with zero attached hydrogens (tertiary/aromatic N) is 2. The summed E-state index contributed by atoms with van der Waals surface area (Å²) < 4.78 is 12.3. The molecule has 2 N–H and O–H groups in total. The second kappa shape index (κ2) is 8.06. The second-order valence-electron chi connectivity index (χ2n) is 7.83. The third-order valence-corrected chi connectivity index (χ3v) is 5.94. The predicted molar refractivity (Wildman–Crippen MR) is 110 cm³/mol. The number of hydrogen-bond acceptors (Lipinski definition) is 5. The van der Waals surface area contributed by atoms with Crippen LogP contribution >= 0.6 is 0 Å². The average Bonchev–Trinajstić information content (AvgIpc) is 3.27. The number of amides is 1. The lowest BCUT2D eigenvalue weighted by Crippen LogP contribution is -2.50. The Balaban J connectivity index is 1.74. The maximum atomic E-state index is 13.6. The Kier molecular flexibility index (Phi) is 5.50. The number of rotatable bonds is 5. The van der Waals surface area contributed by atoms with Crippen LogP contribution in [0.15, 0.2) is 72.5 Å². The predicted octanol–water partition coefficient (Wildman–Crippen LogP) is 3.55. The van der Waals surface area contributed by atoms with Crippen molar-refractivity contribution >= 4 is 5.91 Å². The zero-order chi connectivity index (χ0) is 20.3.